The molecule has 0 radical (unpaired) electrons. The van der Waals surface area contributed by atoms with E-state index in [2.05, 4.69) is 34.8 Å². The standard InChI is InChI=1S/C15H15N3S/c16-15(19)18-17-9-13-11-6-7-12(8-11)14(13)10-4-2-1-3-5-10/h1-5,9H,6-8H2,(H3,16,18,19)/b17-9+. The van der Waals surface area contributed by atoms with Crippen molar-refractivity contribution < 1.29 is 0 Å². The van der Waals surface area contributed by atoms with E-state index in [0.29, 0.717) is 0 Å². The quantitative estimate of drug-likeness (QED) is 0.504. The van der Waals surface area contributed by atoms with Gasteiger partial charge in [0.05, 0.1) is 6.21 Å². The molecule has 0 spiro atoms. The van der Waals surface area contributed by atoms with Gasteiger partial charge in [0.25, 0.3) is 0 Å². The van der Waals surface area contributed by atoms with Crippen LogP contribution in [0.2, 0.25) is 0 Å². The number of rotatable bonds is 3. The summed E-state index contributed by atoms with van der Waals surface area (Å²) >= 11 is 4.75. The summed E-state index contributed by atoms with van der Waals surface area (Å²) in [5.41, 5.74) is 14.8. The van der Waals surface area contributed by atoms with E-state index in [-0.39, 0.29) is 5.11 Å². The third-order valence-corrected chi connectivity index (χ3v) is 3.68. The van der Waals surface area contributed by atoms with Crippen molar-refractivity contribution in [1.82, 2.24) is 5.43 Å². The SMILES string of the molecule is NC(=S)N/N=C/C1=C2CCC(=C1c1ccccc1)C2. The second kappa shape index (κ2) is 4.97. The molecule has 0 aromatic heterocycles. The molecule has 1 aromatic carbocycles. The van der Waals surface area contributed by atoms with Crippen molar-refractivity contribution in [3.63, 3.8) is 0 Å². The van der Waals surface area contributed by atoms with Crippen molar-refractivity contribution in [3.8, 4) is 0 Å². The maximum Gasteiger partial charge on any atom is 0.184 e. The van der Waals surface area contributed by atoms with Gasteiger partial charge in [0.1, 0.15) is 0 Å². The minimum Gasteiger partial charge on any atom is -0.375 e. The van der Waals surface area contributed by atoms with E-state index in [9.17, 15) is 0 Å². The minimum absolute atomic E-state index is 0.193. The van der Waals surface area contributed by atoms with E-state index < -0.39 is 0 Å². The fourth-order valence-corrected chi connectivity index (χ4v) is 2.88. The highest BCUT2D eigenvalue weighted by Crippen LogP contribution is 2.47. The van der Waals surface area contributed by atoms with E-state index in [4.69, 9.17) is 18.0 Å². The Labute approximate surface area is 117 Å². The van der Waals surface area contributed by atoms with Crippen molar-refractivity contribution >= 4 is 29.1 Å². The maximum absolute atomic E-state index is 5.38. The normalized spacial score (nSPS) is 17.7. The second-order valence-corrected chi connectivity index (χ2v) is 5.21. The summed E-state index contributed by atoms with van der Waals surface area (Å²) in [4.78, 5) is 0. The van der Waals surface area contributed by atoms with Crippen LogP contribution in [0, 0.1) is 0 Å². The maximum atomic E-state index is 5.38. The van der Waals surface area contributed by atoms with Crippen LogP contribution in [0.5, 0.6) is 0 Å². The molecule has 0 aliphatic heterocycles. The molecule has 1 saturated carbocycles. The van der Waals surface area contributed by atoms with Crippen molar-refractivity contribution in [1.29, 1.82) is 0 Å². The van der Waals surface area contributed by atoms with Gasteiger partial charge in [0, 0.05) is 5.57 Å². The molecule has 0 saturated heterocycles. The van der Waals surface area contributed by atoms with Gasteiger partial charge in [-0.25, -0.2) is 0 Å². The van der Waals surface area contributed by atoms with Crippen LogP contribution < -0.4 is 11.2 Å². The smallest absolute Gasteiger partial charge is 0.184 e. The predicted molar refractivity (Wildman–Crippen MR) is 82.7 cm³/mol. The first-order chi connectivity index (χ1) is 9.25. The van der Waals surface area contributed by atoms with Crippen LogP contribution in [0.4, 0.5) is 0 Å². The number of nitrogens with one attached hydrogen (secondary N) is 1. The average Bonchev–Trinajstić information content (AvgIpc) is 3.00. The largest absolute Gasteiger partial charge is 0.375 e. The van der Waals surface area contributed by atoms with Gasteiger partial charge in [-0.05, 0) is 42.6 Å². The monoisotopic (exact) mass is 269 g/mol. The predicted octanol–water partition coefficient (Wildman–Crippen LogP) is 2.75. The van der Waals surface area contributed by atoms with Crippen LogP contribution in [-0.2, 0) is 0 Å². The molecule has 3 rings (SSSR count). The summed E-state index contributed by atoms with van der Waals surface area (Å²) in [6.45, 7) is 0. The number of nitrogens with two attached hydrogens (primary N) is 1. The van der Waals surface area contributed by atoms with Crippen LogP contribution in [0.25, 0.3) is 5.57 Å². The summed E-state index contributed by atoms with van der Waals surface area (Å²) in [5, 5.41) is 4.31. The number of hydrogen-bond donors (Lipinski definition) is 2. The van der Waals surface area contributed by atoms with Gasteiger partial charge in [0.2, 0.25) is 0 Å². The van der Waals surface area contributed by atoms with Gasteiger partial charge >= 0.3 is 0 Å². The van der Waals surface area contributed by atoms with E-state index >= 15 is 0 Å². The molecule has 96 valence electrons. The van der Waals surface area contributed by atoms with E-state index in [1.165, 1.54) is 34.3 Å². The number of fused-ring (bicyclic) bond motifs is 2. The zero-order valence-electron chi connectivity index (χ0n) is 10.5. The lowest BCUT2D eigenvalue weighted by Gasteiger charge is -2.12. The Balaban J connectivity index is 1.93. The Kier molecular flexibility index (Phi) is 3.17. The fraction of sp³-hybridized carbons (Fsp3) is 0.200. The molecule has 2 bridgehead atoms. The average molecular weight is 269 g/mol. The lowest BCUT2D eigenvalue weighted by Crippen LogP contribution is -2.24. The lowest BCUT2D eigenvalue weighted by molar-refractivity contribution is 1.02. The van der Waals surface area contributed by atoms with E-state index in [0.717, 1.165) is 12.8 Å². The topological polar surface area (TPSA) is 50.4 Å². The molecule has 0 heterocycles. The summed E-state index contributed by atoms with van der Waals surface area (Å²) < 4.78 is 0. The third kappa shape index (κ3) is 2.31. The van der Waals surface area contributed by atoms with Gasteiger partial charge in [0.15, 0.2) is 5.11 Å². The van der Waals surface area contributed by atoms with Gasteiger partial charge in [-0.2, -0.15) is 5.10 Å². The number of hydrazone groups is 1. The Morgan fingerprint density at radius 2 is 1.95 bits per heavy atom. The number of allylic oxidation sites excluding steroid dienone is 4. The van der Waals surface area contributed by atoms with Gasteiger partial charge < -0.3 is 5.73 Å². The van der Waals surface area contributed by atoms with E-state index in [1.807, 2.05) is 12.3 Å². The molecule has 19 heavy (non-hydrogen) atoms. The fourth-order valence-electron chi connectivity index (χ4n) is 2.83. The first-order valence-corrected chi connectivity index (χ1v) is 6.75. The molecular weight excluding hydrogens is 254 g/mol. The molecule has 3 nitrogen and oxygen atoms in total. The first kappa shape index (κ1) is 12.1. The summed E-state index contributed by atoms with van der Waals surface area (Å²) in [5.74, 6) is 0. The molecule has 0 atom stereocenters. The highest BCUT2D eigenvalue weighted by molar-refractivity contribution is 7.80. The molecule has 0 amide bonds. The van der Waals surface area contributed by atoms with Crippen molar-refractivity contribution in [2.75, 3.05) is 0 Å². The van der Waals surface area contributed by atoms with Gasteiger partial charge in [-0.15, -0.1) is 0 Å². The summed E-state index contributed by atoms with van der Waals surface area (Å²) in [7, 11) is 0. The Morgan fingerprint density at radius 3 is 2.68 bits per heavy atom. The van der Waals surface area contributed by atoms with Crippen molar-refractivity contribution in [3.05, 3.63) is 52.6 Å². The lowest BCUT2D eigenvalue weighted by atomic mass is 9.92. The molecule has 3 N–H and O–H groups in total. The highest BCUT2D eigenvalue weighted by Gasteiger charge is 2.29. The Morgan fingerprint density at radius 1 is 1.21 bits per heavy atom. The number of benzene rings is 1. The zero-order valence-corrected chi connectivity index (χ0v) is 11.3. The molecular formula is C15H15N3S. The van der Waals surface area contributed by atoms with Gasteiger partial charge in [-0.1, -0.05) is 41.5 Å². The van der Waals surface area contributed by atoms with Crippen LogP contribution >= 0.6 is 12.2 Å². The molecule has 1 aromatic rings. The Bertz CT molecular complexity index is 612. The van der Waals surface area contributed by atoms with Crippen molar-refractivity contribution in [2.24, 2.45) is 10.8 Å². The molecule has 0 unspecified atom stereocenters. The molecule has 2 aliphatic carbocycles. The van der Waals surface area contributed by atoms with Crippen LogP contribution in [0.1, 0.15) is 24.8 Å². The first-order valence-electron chi connectivity index (χ1n) is 6.34. The van der Waals surface area contributed by atoms with Crippen molar-refractivity contribution in [2.45, 2.75) is 19.3 Å². The van der Waals surface area contributed by atoms with Crippen LogP contribution in [-0.4, -0.2) is 11.3 Å². The van der Waals surface area contributed by atoms with Crippen LogP contribution in [0.15, 0.2) is 52.2 Å². The van der Waals surface area contributed by atoms with E-state index in [1.54, 1.807) is 0 Å². The molecule has 1 fully saturated rings. The van der Waals surface area contributed by atoms with Gasteiger partial charge in [-0.3, -0.25) is 5.43 Å². The molecule has 2 aliphatic rings. The number of hydrogen-bond acceptors (Lipinski definition) is 2. The number of nitrogens with zero attached hydrogens (tertiary/aromatic N) is 1. The molecule has 4 heteroatoms. The second-order valence-electron chi connectivity index (χ2n) is 4.77. The summed E-state index contributed by atoms with van der Waals surface area (Å²) in [6, 6.07) is 10.5. The Hall–Kier alpha value is -1.94. The van der Waals surface area contributed by atoms with Crippen LogP contribution in [0.3, 0.4) is 0 Å². The minimum atomic E-state index is 0.193. The third-order valence-electron chi connectivity index (χ3n) is 3.59. The summed E-state index contributed by atoms with van der Waals surface area (Å²) in [6.07, 6.45) is 5.28. The number of thiocarbonyl (C=S) groups is 1. The zero-order chi connectivity index (χ0) is 13.2. The highest BCUT2D eigenvalue weighted by atomic mass is 32.1.